The predicted octanol–water partition coefficient (Wildman–Crippen LogP) is 2.01. The van der Waals surface area contributed by atoms with Crippen LogP contribution >= 0.6 is 11.3 Å². The topological polar surface area (TPSA) is 84.1 Å². The molecule has 0 aromatic carbocycles. The lowest BCUT2D eigenvalue weighted by Crippen LogP contribution is -2.25. The largest absolute Gasteiger partial charge is 0.391 e. The summed E-state index contributed by atoms with van der Waals surface area (Å²) in [5.74, 6) is 1.16. The van der Waals surface area contributed by atoms with Crippen LogP contribution in [0, 0.1) is 12.8 Å². The van der Waals surface area contributed by atoms with Gasteiger partial charge in [-0.05, 0) is 18.9 Å². The summed E-state index contributed by atoms with van der Waals surface area (Å²) in [5, 5.41) is 13.9. The molecular formula is C12H18N4OS. The number of nitrogens with one attached hydrogen (secondary N) is 1. The molecule has 4 N–H and O–H groups in total. The summed E-state index contributed by atoms with van der Waals surface area (Å²) < 4.78 is 0. The number of aryl methyl sites for hydroxylation is 1. The van der Waals surface area contributed by atoms with Gasteiger partial charge in [-0.15, -0.1) is 11.3 Å². The van der Waals surface area contributed by atoms with E-state index >= 15 is 0 Å². The molecule has 0 spiro atoms. The average molecular weight is 266 g/mol. The van der Waals surface area contributed by atoms with Crippen LogP contribution in [0.4, 0.5) is 11.8 Å². The minimum absolute atomic E-state index is 0.205. The van der Waals surface area contributed by atoms with Crippen LogP contribution in [0.3, 0.4) is 0 Å². The number of rotatable bonds is 4. The highest BCUT2D eigenvalue weighted by Crippen LogP contribution is 2.28. The molecule has 18 heavy (non-hydrogen) atoms. The molecule has 0 fully saturated rings. The molecule has 1 atom stereocenters. The van der Waals surface area contributed by atoms with E-state index in [0.29, 0.717) is 12.4 Å². The van der Waals surface area contributed by atoms with Gasteiger partial charge in [-0.2, -0.15) is 4.98 Å². The lowest BCUT2D eigenvalue weighted by molar-refractivity contribution is 0.138. The van der Waals surface area contributed by atoms with E-state index in [1.165, 1.54) is 0 Å². The molecule has 0 aliphatic heterocycles. The predicted molar refractivity (Wildman–Crippen MR) is 75.9 cm³/mol. The van der Waals surface area contributed by atoms with Gasteiger partial charge in [0.15, 0.2) is 0 Å². The van der Waals surface area contributed by atoms with Crippen molar-refractivity contribution >= 4 is 33.3 Å². The molecule has 0 saturated carbocycles. The maximum Gasteiger partial charge on any atom is 0.223 e. The number of hydrogen-bond donors (Lipinski definition) is 3. The van der Waals surface area contributed by atoms with E-state index in [4.69, 9.17) is 5.73 Å². The number of anilines is 2. The molecule has 2 aromatic heterocycles. The fraction of sp³-hybridized carbons (Fsp3) is 0.500. The zero-order valence-electron chi connectivity index (χ0n) is 10.8. The average Bonchev–Trinajstić information content (AvgIpc) is 2.65. The Morgan fingerprint density at radius 2 is 2.17 bits per heavy atom. The summed E-state index contributed by atoms with van der Waals surface area (Å²) in [6.07, 6.45) is -0.407. The lowest BCUT2D eigenvalue weighted by atomic mass is 10.1. The highest BCUT2D eigenvalue weighted by Gasteiger charge is 2.12. The van der Waals surface area contributed by atoms with Crippen LogP contribution in [0.15, 0.2) is 6.07 Å². The molecule has 1 unspecified atom stereocenters. The minimum atomic E-state index is -0.407. The van der Waals surface area contributed by atoms with Crippen molar-refractivity contribution in [3.05, 3.63) is 10.9 Å². The lowest BCUT2D eigenvalue weighted by Gasteiger charge is -2.15. The van der Waals surface area contributed by atoms with E-state index < -0.39 is 6.10 Å². The summed E-state index contributed by atoms with van der Waals surface area (Å²) in [4.78, 5) is 10.4. The first kappa shape index (κ1) is 13.0. The number of aliphatic hydroxyl groups excluding tert-OH is 1. The van der Waals surface area contributed by atoms with Gasteiger partial charge in [-0.3, -0.25) is 0 Å². The summed E-state index contributed by atoms with van der Waals surface area (Å²) in [7, 11) is 0. The number of aromatic nitrogens is 2. The van der Waals surface area contributed by atoms with Crippen LogP contribution in [-0.4, -0.2) is 27.7 Å². The SMILES string of the molecule is Cc1cc2c(NCC(O)C(C)C)nc(N)nc2s1. The molecule has 2 aromatic rings. The van der Waals surface area contributed by atoms with Crippen LogP contribution in [0.25, 0.3) is 10.2 Å². The van der Waals surface area contributed by atoms with E-state index in [2.05, 4.69) is 15.3 Å². The third kappa shape index (κ3) is 2.70. The van der Waals surface area contributed by atoms with Gasteiger partial charge in [0.2, 0.25) is 5.95 Å². The number of fused-ring (bicyclic) bond motifs is 1. The van der Waals surface area contributed by atoms with Crippen molar-refractivity contribution in [1.82, 2.24) is 9.97 Å². The third-order valence-corrected chi connectivity index (χ3v) is 3.73. The van der Waals surface area contributed by atoms with Crippen LogP contribution in [0.5, 0.6) is 0 Å². The quantitative estimate of drug-likeness (QED) is 0.788. The smallest absolute Gasteiger partial charge is 0.223 e. The fourth-order valence-electron chi connectivity index (χ4n) is 1.63. The van der Waals surface area contributed by atoms with E-state index in [-0.39, 0.29) is 11.9 Å². The first-order chi connectivity index (χ1) is 8.47. The Labute approximate surface area is 110 Å². The van der Waals surface area contributed by atoms with Crippen molar-refractivity contribution in [2.75, 3.05) is 17.6 Å². The van der Waals surface area contributed by atoms with Gasteiger partial charge in [-0.25, -0.2) is 4.98 Å². The third-order valence-electron chi connectivity index (χ3n) is 2.78. The molecule has 0 radical (unpaired) electrons. The number of aliphatic hydroxyl groups is 1. The van der Waals surface area contributed by atoms with Crippen LogP contribution in [0.2, 0.25) is 0 Å². The molecule has 2 heterocycles. The van der Waals surface area contributed by atoms with Crippen molar-refractivity contribution in [2.24, 2.45) is 5.92 Å². The zero-order chi connectivity index (χ0) is 13.3. The van der Waals surface area contributed by atoms with Gasteiger partial charge >= 0.3 is 0 Å². The zero-order valence-corrected chi connectivity index (χ0v) is 11.6. The Morgan fingerprint density at radius 1 is 1.44 bits per heavy atom. The summed E-state index contributed by atoms with van der Waals surface area (Å²) in [5.41, 5.74) is 5.68. The van der Waals surface area contributed by atoms with Gasteiger partial charge in [0.05, 0.1) is 11.5 Å². The standard InChI is InChI=1S/C12H18N4OS/c1-6(2)9(17)5-14-10-8-4-7(3)18-11(8)16-12(13)15-10/h4,6,9,17H,5H2,1-3H3,(H3,13,14,15,16). The van der Waals surface area contributed by atoms with E-state index in [9.17, 15) is 5.11 Å². The Hall–Kier alpha value is -1.40. The highest BCUT2D eigenvalue weighted by atomic mass is 32.1. The maximum absolute atomic E-state index is 9.80. The van der Waals surface area contributed by atoms with Gasteiger partial charge < -0.3 is 16.2 Å². The molecule has 2 rings (SSSR count). The Morgan fingerprint density at radius 3 is 2.83 bits per heavy atom. The molecule has 0 aliphatic carbocycles. The van der Waals surface area contributed by atoms with Crippen molar-refractivity contribution in [2.45, 2.75) is 26.9 Å². The Balaban J connectivity index is 2.26. The first-order valence-electron chi connectivity index (χ1n) is 5.93. The van der Waals surface area contributed by atoms with Gasteiger partial charge in [-0.1, -0.05) is 13.8 Å². The number of thiophene rings is 1. The highest BCUT2D eigenvalue weighted by molar-refractivity contribution is 7.18. The number of nitrogens with two attached hydrogens (primary N) is 1. The molecule has 0 bridgehead atoms. The second-order valence-corrected chi connectivity index (χ2v) is 5.93. The maximum atomic E-state index is 9.80. The van der Waals surface area contributed by atoms with Crippen molar-refractivity contribution in [3.63, 3.8) is 0 Å². The molecule has 5 nitrogen and oxygen atoms in total. The number of nitrogens with zero attached hydrogens (tertiary/aromatic N) is 2. The van der Waals surface area contributed by atoms with Crippen LogP contribution in [-0.2, 0) is 0 Å². The second kappa shape index (κ2) is 5.07. The van der Waals surface area contributed by atoms with E-state index in [1.54, 1.807) is 11.3 Å². The van der Waals surface area contributed by atoms with Gasteiger partial charge in [0.1, 0.15) is 10.6 Å². The Bertz CT molecular complexity index is 552. The van der Waals surface area contributed by atoms with Crippen molar-refractivity contribution in [3.8, 4) is 0 Å². The second-order valence-electron chi connectivity index (χ2n) is 4.70. The molecule has 6 heteroatoms. The monoisotopic (exact) mass is 266 g/mol. The minimum Gasteiger partial charge on any atom is -0.391 e. The summed E-state index contributed by atoms with van der Waals surface area (Å²) in [6.45, 7) is 6.43. The normalized spacial score (nSPS) is 13.2. The van der Waals surface area contributed by atoms with Crippen molar-refractivity contribution < 1.29 is 5.11 Å². The van der Waals surface area contributed by atoms with E-state index in [0.717, 1.165) is 15.1 Å². The molecular weight excluding hydrogens is 248 g/mol. The van der Waals surface area contributed by atoms with Gasteiger partial charge in [0, 0.05) is 11.4 Å². The first-order valence-corrected chi connectivity index (χ1v) is 6.74. The molecule has 0 aliphatic rings. The molecule has 0 saturated heterocycles. The Kier molecular flexibility index (Phi) is 3.68. The number of hydrogen-bond acceptors (Lipinski definition) is 6. The van der Waals surface area contributed by atoms with Crippen LogP contribution in [0.1, 0.15) is 18.7 Å². The van der Waals surface area contributed by atoms with Crippen molar-refractivity contribution in [1.29, 1.82) is 0 Å². The van der Waals surface area contributed by atoms with Gasteiger partial charge in [0.25, 0.3) is 0 Å². The fourth-order valence-corrected chi connectivity index (χ4v) is 2.52. The summed E-state index contributed by atoms with van der Waals surface area (Å²) in [6, 6.07) is 2.03. The van der Waals surface area contributed by atoms with Crippen LogP contribution < -0.4 is 11.1 Å². The molecule has 0 amide bonds. The summed E-state index contributed by atoms with van der Waals surface area (Å²) >= 11 is 1.59. The van der Waals surface area contributed by atoms with E-state index in [1.807, 2.05) is 26.8 Å². The molecule has 98 valence electrons. The number of nitrogen functional groups attached to an aromatic ring is 1.